The molecule has 112 heavy (non-hydrogen) atoms. The molecule has 534 valence electrons. The van der Waals surface area contributed by atoms with Gasteiger partial charge in [0.2, 0.25) is 0 Å². The van der Waals surface area contributed by atoms with Crippen LogP contribution in [0, 0.1) is 22.7 Å². The van der Waals surface area contributed by atoms with Gasteiger partial charge in [0.05, 0.1) is 68.1 Å². The summed E-state index contributed by atoms with van der Waals surface area (Å²) < 4.78 is 93.2. The van der Waals surface area contributed by atoms with Gasteiger partial charge in [0.25, 0.3) is 6.71 Å². The molecule has 5 heterocycles. The number of aromatic nitrogens is 3. The first-order chi connectivity index (χ1) is 58.1. The summed E-state index contributed by atoms with van der Waals surface area (Å²) in [5, 5.41) is 31.1. The Morgan fingerprint density at radius 3 is 1.34 bits per heavy atom. The first-order valence-electron chi connectivity index (χ1n) is 42.7. The number of fused-ring (bicyclic) bond motifs is 13. The molecule has 0 saturated heterocycles. The van der Waals surface area contributed by atoms with Gasteiger partial charge in [0.15, 0.2) is 0 Å². The van der Waals surface area contributed by atoms with Crippen molar-refractivity contribution < 1.29 is 12.3 Å². The number of rotatable bonds is 9. The predicted molar refractivity (Wildman–Crippen MR) is 471 cm³/mol. The molecule has 7 nitrogen and oxygen atoms in total. The molecule has 0 fully saturated rings. The molecule has 8 heteroatoms. The van der Waals surface area contributed by atoms with Gasteiger partial charge in [0, 0.05) is 72.0 Å². The molecular weight excluding hydrogens is 1360 g/mol. The Morgan fingerprint density at radius 2 is 0.768 bits per heavy atom. The Balaban J connectivity index is 0.978. The molecule has 2 aliphatic rings. The summed E-state index contributed by atoms with van der Waals surface area (Å²) in [4.78, 5) is 4.41. The molecule has 0 amide bonds. The van der Waals surface area contributed by atoms with Crippen molar-refractivity contribution in [3.8, 4) is 73.7 Å². The predicted octanol–water partition coefficient (Wildman–Crippen LogP) is 25.4. The zero-order valence-electron chi connectivity index (χ0n) is 72.6. The van der Waals surface area contributed by atoms with Crippen molar-refractivity contribution in [2.75, 3.05) is 9.80 Å². The standard InChI is InChI=1S/C104H80BN7/c1-102(2,3)70-33-26-32-68(54-70)81-60-74(62-96(84(81)63-106)111-90-42-24-20-38-79(90)80-39-21-25-43-91(80)111)109-97-55-67(65-28-12-10-13-29-65)46-50-86(97)105-87-51-49-73(108-94-52-47-71(103(4,5)6)58-82(94)83-59-72(104(7,8)9)48-53-95(83)108)61-98(87)112(100-57-69(56-99(109)101(100)105)76-35-17-16-34-75(76)66-30-14-11-15-31-66)93-45-27-44-92(85(93)64-107)110-88-40-22-18-36-77(88)78-37-19-23-41-89(78)110/h10-62H,1-9H3/i10D,12D,13D,26D,28D,29D,32D,33D,54D. The minimum Gasteiger partial charge on any atom is -0.311 e. The monoisotopic (exact) mass is 1450 g/mol. The molecule has 0 radical (unpaired) electrons. The normalized spacial score (nSPS) is 13.9. The van der Waals surface area contributed by atoms with E-state index in [4.69, 9.17) is 1.37 Å². The van der Waals surface area contributed by atoms with Gasteiger partial charge in [0.1, 0.15) is 17.7 Å². The second-order valence-electron chi connectivity index (χ2n) is 32.8. The lowest BCUT2D eigenvalue weighted by Gasteiger charge is -2.45. The highest BCUT2D eigenvalue weighted by Crippen LogP contribution is 2.52. The highest BCUT2D eigenvalue weighted by Gasteiger charge is 2.45. The van der Waals surface area contributed by atoms with E-state index in [1.54, 1.807) is 0 Å². The van der Waals surface area contributed by atoms with E-state index in [1.807, 2.05) is 172 Å². The minimum absolute atomic E-state index is 0.0162. The van der Waals surface area contributed by atoms with Crippen LogP contribution in [0.3, 0.4) is 0 Å². The average molecular weight is 1450 g/mol. The Morgan fingerprint density at radius 1 is 0.295 bits per heavy atom. The van der Waals surface area contributed by atoms with Gasteiger partial charge in [-0.2, -0.15) is 10.5 Å². The first kappa shape index (κ1) is 58.4. The molecule has 0 atom stereocenters. The van der Waals surface area contributed by atoms with Crippen molar-refractivity contribution >= 4 is 123 Å². The van der Waals surface area contributed by atoms with Crippen LogP contribution in [-0.4, -0.2) is 20.4 Å². The van der Waals surface area contributed by atoms with Crippen molar-refractivity contribution in [1.82, 2.24) is 13.7 Å². The van der Waals surface area contributed by atoms with Crippen LogP contribution >= 0.6 is 0 Å². The van der Waals surface area contributed by atoms with Gasteiger partial charge in [-0.1, -0.05) is 280 Å². The number of anilines is 6. The number of benzene rings is 15. The molecule has 0 aliphatic carbocycles. The molecule has 0 spiro atoms. The largest absolute Gasteiger partial charge is 0.311 e. The number of para-hydroxylation sites is 4. The first-order valence-corrected chi connectivity index (χ1v) is 38.2. The van der Waals surface area contributed by atoms with E-state index >= 15 is 0 Å². The fraction of sp³-hybridized carbons (Fsp3) is 0.115. The van der Waals surface area contributed by atoms with Crippen LogP contribution in [0.5, 0.6) is 0 Å². The van der Waals surface area contributed by atoms with E-state index in [2.05, 4.69) is 192 Å². The maximum Gasteiger partial charge on any atom is 0.252 e. The van der Waals surface area contributed by atoms with E-state index in [9.17, 15) is 21.5 Å². The van der Waals surface area contributed by atoms with Crippen LogP contribution < -0.4 is 26.2 Å². The summed E-state index contributed by atoms with van der Waals surface area (Å²) in [5.41, 5.74) is 19.0. The topological polar surface area (TPSA) is 68.8 Å². The fourth-order valence-corrected chi connectivity index (χ4v) is 17.7. The van der Waals surface area contributed by atoms with Crippen molar-refractivity contribution in [2.24, 2.45) is 0 Å². The van der Waals surface area contributed by atoms with Crippen LogP contribution in [0.1, 0.15) is 102 Å². The summed E-state index contributed by atoms with van der Waals surface area (Å²) >= 11 is 0. The lowest BCUT2D eigenvalue weighted by molar-refractivity contribution is 0.590. The van der Waals surface area contributed by atoms with Gasteiger partial charge in [-0.05, 0) is 191 Å². The van der Waals surface area contributed by atoms with Crippen LogP contribution in [-0.2, 0) is 16.2 Å². The third-order valence-electron chi connectivity index (χ3n) is 23.1. The fourth-order valence-electron chi connectivity index (χ4n) is 17.7. The van der Waals surface area contributed by atoms with Gasteiger partial charge in [-0.25, -0.2) is 0 Å². The van der Waals surface area contributed by atoms with E-state index in [1.165, 1.54) is 11.1 Å². The number of nitrogens with zero attached hydrogens (tertiary/aromatic N) is 7. The number of hydrogen-bond donors (Lipinski definition) is 0. The molecular formula is C104H80BN7. The lowest BCUT2D eigenvalue weighted by Crippen LogP contribution is -2.61. The third kappa shape index (κ3) is 10.6. The average Bonchev–Trinajstić information content (AvgIpc) is 1.11. The third-order valence-corrected chi connectivity index (χ3v) is 23.1. The van der Waals surface area contributed by atoms with Crippen LogP contribution in [0.15, 0.2) is 321 Å². The Hall–Kier alpha value is -13.7. The van der Waals surface area contributed by atoms with Crippen molar-refractivity contribution in [3.63, 3.8) is 0 Å². The molecule has 0 saturated carbocycles. The lowest BCUT2D eigenvalue weighted by atomic mass is 9.33. The van der Waals surface area contributed by atoms with Gasteiger partial charge in [-0.15, -0.1) is 0 Å². The molecule has 0 unspecified atom stereocenters. The molecule has 18 aromatic rings. The molecule has 15 aromatic carbocycles. The molecule has 2 aliphatic heterocycles. The van der Waals surface area contributed by atoms with Crippen molar-refractivity contribution in [2.45, 2.75) is 78.6 Å². The van der Waals surface area contributed by atoms with Gasteiger partial charge in [-0.3, -0.25) is 0 Å². The van der Waals surface area contributed by atoms with Crippen LogP contribution in [0.4, 0.5) is 34.1 Å². The smallest absolute Gasteiger partial charge is 0.252 e. The highest BCUT2D eigenvalue weighted by molar-refractivity contribution is 7.00. The summed E-state index contributed by atoms with van der Waals surface area (Å²) in [6, 6.07) is 93.6. The Bertz CT molecular complexity index is 7440. The van der Waals surface area contributed by atoms with Crippen molar-refractivity contribution in [1.29, 1.82) is 10.5 Å². The molecule has 0 bridgehead atoms. The van der Waals surface area contributed by atoms with E-state index in [-0.39, 0.29) is 50.7 Å². The van der Waals surface area contributed by atoms with E-state index in [0.717, 1.165) is 115 Å². The number of hydrogen-bond acceptors (Lipinski definition) is 4. The second kappa shape index (κ2) is 25.5. The van der Waals surface area contributed by atoms with E-state index in [0.29, 0.717) is 50.9 Å². The highest BCUT2D eigenvalue weighted by atomic mass is 15.2. The summed E-state index contributed by atoms with van der Waals surface area (Å²) in [6.45, 7) is 18.4. The molecule has 20 rings (SSSR count). The van der Waals surface area contributed by atoms with Gasteiger partial charge < -0.3 is 23.5 Å². The Labute approximate surface area is 666 Å². The molecule has 3 aromatic heterocycles. The van der Waals surface area contributed by atoms with Crippen LogP contribution in [0.2, 0.25) is 0 Å². The summed E-state index contributed by atoms with van der Waals surface area (Å²) in [7, 11) is 0. The molecule has 0 N–H and O–H groups in total. The van der Waals surface area contributed by atoms with E-state index < -0.39 is 54.4 Å². The zero-order chi connectivity index (χ0) is 84.0. The quantitative estimate of drug-likeness (QED) is 0.135. The summed E-state index contributed by atoms with van der Waals surface area (Å²) in [6.07, 6.45) is 0. The SMILES string of the molecule is [2H]c1c([2H])c([2H])c(-c2ccc3c(c2)N(c2cc(-c4c([2H])c([2H])c([2H])c(C(C)(C)C)c4[2H])c(C#N)c(-n4c5ccccc5c5ccccc54)c2)c2cc(-c4ccccc4-c4ccccc4)cc4c2B3c2ccc(-n3c5ccc(C(C)(C)C)cc5c5cc(C(C)(C)C)ccc53)cc2N4c2cccc(-n3c4ccccc4c4ccccc43)c2C#N)c([2H])c1[2H]. The van der Waals surface area contributed by atoms with Gasteiger partial charge >= 0.3 is 0 Å². The van der Waals surface area contributed by atoms with Crippen LogP contribution in [0.25, 0.3) is 127 Å². The van der Waals surface area contributed by atoms with Crippen molar-refractivity contribution in [3.05, 3.63) is 349 Å². The summed E-state index contributed by atoms with van der Waals surface area (Å²) in [5.74, 6) is 0. The zero-order valence-corrected chi connectivity index (χ0v) is 63.6. The maximum atomic E-state index is 12.7. The number of nitriles is 2. The second-order valence-corrected chi connectivity index (χ2v) is 32.8. The Kier molecular flexibility index (Phi) is 13.3. The minimum atomic E-state index is -0.893. The maximum absolute atomic E-state index is 12.7.